The standard InChI is InChI=1S/C12H22S5/c1-3-5-16-11(7-13)9-15-10-12(8-14)17-6-4-2/h3-4,11-14H,1-2,5-10H2. The van der Waals surface area contributed by atoms with Crippen LogP contribution in [0.3, 0.4) is 0 Å². The SMILES string of the molecule is C=CCSC(CS)CSCC(CS)SCC=C. The van der Waals surface area contributed by atoms with Gasteiger partial charge in [-0.3, -0.25) is 0 Å². The first-order chi connectivity index (χ1) is 8.28. The van der Waals surface area contributed by atoms with Crippen molar-refractivity contribution in [2.24, 2.45) is 0 Å². The van der Waals surface area contributed by atoms with Crippen molar-refractivity contribution in [2.75, 3.05) is 34.5 Å². The molecule has 0 aromatic rings. The van der Waals surface area contributed by atoms with Crippen LogP contribution in [0.2, 0.25) is 0 Å². The van der Waals surface area contributed by atoms with Crippen LogP contribution in [-0.4, -0.2) is 45.0 Å². The quantitative estimate of drug-likeness (QED) is 0.409. The monoisotopic (exact) mass is 326 g/mol. The van der Waals surface area contributed by atoms with Gasteiger partial charge in [-0.25, -0.2) is 0 Å². The van der Waals surface area contributed by atoms with Gasteiger partial charge in [-0.05, 0) is 0 Å². The Morgan fingerprint density at radius 2 is 1.29 bits per heavy atom. The molecule has 0 aromatic carbocycles. The fourth-order valence-electron chi connectivity index (χ4n) is 1.05. The molecular formula is C12H22S5. The van der Waals surface area contributed by atoms with E-state index in [0.717, 1.165) is 23.0 Å². The lowest BCUT2D eigenvalue weighted by Gasteiger charge is -2.16. The molecule has 0 saturated heterocycles. The highest BCUT2D eigenvalue weighted by atomic mass is 32.2. The molecule has 2 atom stereocenters. The van der Waals surface area contributed by atoms with Gasteiger partial charge in [0.1, 0.15) is 0 Å². The third-order valence-corrected chi connectivity index (χ3v) is 7.45. The maximum absolute atomic E-state index is 4.39. The lowest BCUT2D eigenvalue weighted by Crippen LogP contribution is -2.14. The van der Waals surface area contributed by atoms with E-state index in [9.17, 15) is 0 Å². The Morgan fingerprint density at radius 3 is 1.59 bits per heavy atom. The van der Waals surface area contributed by atoms with Crippen LogP contribution in [0.25, 0.3) is 0 Å². The maximum atomic E-state index is 4.39. The summed E-state index contributed by atoms with van der Waals surface area (Å²) in [5.74, 6) is 6.26. The first-order valence-corrected chi connectivity index (χ1v) is 10.0. The van der Waals surface area contributed by atoms with Crippen molar-refractivity contribution in [2.45, 2.75) is 10.5 Å². The second-order valence-electron chi connectivity index (χ2n) is 3.39. The van der Waals surface area contributed by atoms with Gasteiger partial charge in [-0.1, -0.05) is 12.2 Å². The summed E-state index contributed by atoms with van der Waals surface area (Å²) in [6.07, 6.45) is 3.92. The molecule has 5 heteroatoms. The summed E-state index contributed by atoms with van der Waals surface area (Å²) in [4.78, 5) is 0. The van der Waals surface area contributed by atoms with Crippen LogP contribution in [0.15, 0.2) is 25.3 Å². The van der Waals surface area contributed by atoms with E-state index in [2.05, 4.69) is 38.4 Å². The topological polar surface area (TPSA) is 0 Å². The van der Waals surface area contributed by atoms with E-state index in [-0.39, 0.29) is 0 Å². The Bertz CT molecular complexity index is 175. The molecule has 17 heavy (non-hydrogen) atoms. The van der Waals surface area contributed by atoms with E-state index in [1.54, 1.807) is 0 Å². The van der Waals surface area contributed by atoms with Crippen molar-refractivity contribution in [3.05, 3.63) is 25.3 Å². The van der Waals surface area contributed by atoms with Gasteiger partial charge >= 0.3 is 0 Å². The molecule has 2 unspecified atom stereocenters. The third kappa shape index (κ3) is 10.8. The highest BCUT2D eigenvalue weighted by Crippen LogP contribution is 2.22. The first kappa shape index (κ1) is 18.2. The molecule has 0 radical (unpaired) electrons. The van der Waals surface area contributed by atoms with Crippen molar-refractivity contribution in [1.29, 1.82) is 0 Å². The fraction of sp³-hybridized carbons (Fsp3) is 0.667. The van der Waals surface area contributed by atoms with Gasteiger partial charge < -0.3 is 0 Å². The molecule has 0 spiro atoms. The molecule has 0 amide bonds. The predicted molar refractivity (Wildman–Crippen MR) is 97.9 cm³/mol. The molecule has 0 aliphatic carbocycles. The van der Waals surface area contributed by atoms with E-state index < -0.39 is 0 Å². The lowest BCUT2D eigenvalue weighted by atomic mass is 10.5. The van der Waals surface area contributed by atoms with Gasteiger partial charge in [0, 0.05) is 45.0 Å². The molecule has 0 N–H and O–H groups in total. The summed E-state index contributed by atoms with van der Waals surface area (Å²) in [5.41, 5.74) is 0. The highest BCUT2D eigenvalue weighted by molar-refractivity contribution is 8.05. The molecule has 0 fully saturated rings. The molecule has 0 rings (SSSR count). The molecule has 0 bridgehead atoms. The molecule has 100 valence electrons. The number of hydrogen-bond donors (Lipinski definition) is 2. The maximum Gasteiger partial charge on any atom is 0.0229 e. The highest BCUT2D eigenvalue weighted by Gasteiger charge is 2.10. The third-order valence-electron chi connectivity index (χ3n) is 1.91. The Hall–Kier alpha value is 1.23. The van der Waals surface area contributed by atoms with E-state index in [4.69, 9.17) is 0 Å². The van der Waals surface area contributed by atoms with Crippen LogP contribution in [0.5, 0.6) is 0 Å². The Morgan fingerprint density at radius 1 is 0.882 bits per heavy atom. The molecule has 0 nitrogen and oxygen atoms in total. The normalized spacial score (nSPS) is 14.2. The molecular weight excluding hydrogens is 304 g/mol. The van der Waals surface area contributed by atoms with Crippen molar-refractivity contribution < 1.29 is 0 Å². The van der Waals surface area contributed by atoms with Gasteiger partial charge in [-0.15, -0.1) is 13.2 Å². The number of rotatable bonds is 12. The van der Waals surface area contributed by atoms with Crippen molar-refractivity contribution in [3.63, 3.8) is 0 Å². The molecule has 0 saturated carbocycles. The average Bonchev–Trinajstić information content (AvgIpc) is 2.37. The average molecular weight is 327 g/mol. The van der Waals surface area contributed by atoms with Gasteiger partial charge in [0.05, 0.1) is 0 Å². The fourth-order valence-corrected chi connectivity index (χ4v) is 5.56. The summed E-state index contributed by atoms with van der Waals surface area (Å²) < 4.78 is 0. The van der Waals surface area contributed by atoms with Crippen LogP contribution in [-0.2, 0) is 0 Å². The number of thiol groups is 2. The summed E-state index contributed by atoms with van der Waals surface area (Å²) >= 11 is 14.7. The lowest BCUT2D eigenvalue weighted by molar-refractivity contribution is 1.12. The molecule has 0 aliphatic heterocycles. The van der Waals surface area contributed by atoms with E-state index in [1.165, 1.54) is 11.5 Å². The van der Waals surface area contributed by atoms with Crippen LogP contribution >= 0.6 is 60.5 Å². The van der Waals surface area contributed by atoms with Crippen LogP contribution in [0.4, 0.5) is 0 Å². The van der Waals surface area contributed by atoms with Gasteiger partial charge in [-0.2, -0.15) is 60.5 Å². The second-order valence-corrected chi connectivity index (χ2v) is 7.86. The van der Waals surface area contributed by atoms with Gasteiger partial charge in [0.2, 0.25) is 0 Å². The molecule has 0 heterocycles. The van der Waals surface area contributed by atoms with Crippen LogP contribution < -0.4 is 0 Å². The number of hydrogen-bond acceptors (Lipinski definition) is 5. The summed E-state index contributed by atoms with van der Waals surface area (Å²) in [5, 5.41) is 1.26. The Balaban J connectivity index is 3.68. The van der Waals surface area contributed by atoms with Gasteiger partial charge in [0.25, 0.3) is 0 Å². The zero-order valence-corrected chi connectivity index (χ0v) is 14.3. The zero-order valence-electron chi connectivity index (χ0n) is 10.1. The first-order valence-electron chi connectivity index (χ1n) is 5.52. The van der Waals surface area contributed by atoms with Crippen molar-refractivity contribution in [1.82, 2.24) is 0 Å². The second kappa shape index (κ2) is 13.7. The largest absolute Gasteiger partial charge is 0.178 e. The van der Waals surface area contributed by atoms with Crippen molar-refractivity contribution in [3.8, 4) is 0 Å². The van der Waals surface area contributed by atoms with Gasteiger partial charge in [0.15, 0.2) is 0 Å². The van der Waals surface area contributed by atoms with Crippen molar-refractivity contribution >= 4 is 60.5 Å². The molecule has 0 aromatic heterocycles. The van der Waals surface area contributed by atoms with Crippen LogP contribution in [0, 0.1) is 0 Å². The molecule has 0 aliphatic rings. The summed E-state index contributed by atoms with van der Waals surface area (Å²) in [7, 11) is 0. The van der Waals surface area contributed by atoms with Crippen LogP contribution in [0.1, 0.15) is 0 Å². The minimum absolute atomic E-state index is 0.631. The van der Waals surface area contributed by atoms with E-state index in [0.29, 0.717) is 10.5 Å². The zero-order chi connectivity index (χ0) is 12.9. The summed E-state index contributed by atoms with van der Waals surface area (Å²) in [6.45, 7) is 7.49. The minimum Gasteiger partial charge on any atom is -0.178 e. The minimum atomic E-state index is 0.631. The Labute approximate surface area is 130 Å². The Kier molecular flexibility index (Phi) is 14.6. The predicted octanol–water partition coefficient (Wildman–Crippen LogP) is 4.15. The smallest absolute Gasteiger partial charge is 0.0229 e. The van der Waals surface area contributed by atoms with E-state index in [1.807, 2.05) is 47.4 Å². The van der Waals surface area contributed by atoms with E-state index >= 15 is 0 Å². The number of thioether (sulfide) groups is 3. The summed E-state index contributed by atoms with van der Waals surface area (Å²) in [6, 6.07) is 0.